The molecule has 2 fully saturated rings. The molecule has 0 saturated carbocycles. The Hall–Kier alpha value is -0.460. The molecular formula is C16H21Cl2N3OS. The predicted molar refractivity (Wildman–Crippen MR) is 97.3 cm³/mol. The van der Waals surface area contributed by atoms with Crippen LogP contribution in [0.4, 0.5) is 0 Å². The molecule has 2 saturated heterocycles. The summed E-state index contributed by atoms with van der Waals surface area (Å²) in [5.41, 5.74) is 1.04. The molecule has 0 bridgehead atoms. The van der Waals surface area contributed by atoms with Gasteiger partial charge in [0, 0.05) is 39.3 Å². The third-order valence-electron chi connectivity index (χ3n) is 4.34. The van der Waals surface area contributed by atoms with Crippen molar-refractivity contribution in [2.24, 2.45) is 0 Å². The molecule has 1 N–H and O–H groups in total. The zero-order valence-corrected chi connectivity index (χ0v) is 15.4. The molecule has 126 valence electrons. The maximum absolute atomic E-state index is 12.5. The minimum absolute atomic E-state index is 0.0162. The van der Waals surface area contributed by atoms with Crippen LogP contribution in [-0.2, 0) is 4.79 Å². The van der Waals surface area contributed by atoms with Gasteiger partial charge in [-0.3, -0.25) is 9.69 Å². The third-order valence-corrected chi connectivity index (χ3v) is 6.48. The van der Waals surface area contributed by atoms with Crippen molar-refractivity contribution in [2.45, 2.75) is 17.5 Å². The fourth-order valence-electron chi connectivity index (χ4n) is 3.01. The average molecular weight is 374 g/mol. The van der Waals surface area contributed by atoms with Crippen LogP contribution in [0.2, 0.25) is 10.0 Å². The minimum atomic E-state index is -0.0162. The average Bonchev–Trinajstić information content (AvgIpc) is 2.84. The normalized spacial score (nSPS) is 26.0. The lowest BCUT2D eigenvalue weighted by Gasteiger charge is -2.31. The number of amides is 1. The molecule has 1 aromatic rings. The Morgan fingerprint density at radius 2 is 1.96 bits per heavy atom. The topological polar surface area (TPSA) is 35.6 Å². The lowest BCUT2D eigenvalue weighted by Crippen LogP contribution is -2.46. The van der Waals surface area contributed by atoms with Crippen LogP contribution in [0.3, 0.4) is 0 Å². The Morgan fingerprint density at radius 1 is 1.22 bits per heavy atom. The van der Waals surface area contributed by atoms with E-state index in [-0.39, 0.29) is 16.5 Å². The number of rotatable bonds is 4. The summed E-state index contributed by atoms with van der Waals surface area (Å²) in [5.74, 6) is 0.209. The van der Waals surface area contributed by atoms with Gasteiger partial charge < -0.3 is 10.2 Å². The maximum Gasteiger partial charge on any atom is 0.236 e. The van der Waals surface area contributed by atoms with E-state index in [2.05, 4.69) is 10.2 Å². The third kappa shape index (κ3) is 3.97. The van der Waals surface area contributed by atoms with Gasteiger partial charge in [0.15, 0.2) is 0 Å². The number of hydrogen-bond donors (Lipinski definition) is 1. The highest BCUT2D eigenvalue weighted by atomic mass is 35.5. The standard InChI is InChI=1S/C16H21Cl2N3OS/c1-11-15(22)21(9-8-20-6-4-19-5-7-20)16(23-11)12-2-3-13(17)14(18)10-12/h2-3,10-11,16,19H,4-9H2,1H3/t11-,16-/m0/s1. The van der Waals surface area contributed by atoms with Crippen molar-refractivity contribution in [1.29, 1.82) is 0 Å². The van der Waals surface area contributed by atoms with E-state index in [4.69, 9.17) is 23.2 Å². The first-order valence-electron chi connectivity index (χ1n) is 7.90. The Balaban J connectivity index is 1.72. The molecule has 1 amide bonds. The Morgan fingerprint density at radius 3 is 2.65 bits per heavy atom. The lowest BCUT2D eigenvalue weighted by atomic mass is 10.2. The van der Waals surface area contributed by atoms with Crippen LogP contribution < -0.4 is 5.32 Å². The van der Waals surface area contributed by atoms with Crippen LogP contribution in [0.1, 0.15) is 17.9 Å². The highest BCUT2D eigenvalue weighted by molar-refractivity contribution is 8.01. The molecule has 2 aliphatic rings. The summed E-state index contributed by atoms with van der Waals surface area (Å²) in [6.07, 6.45) is 0. The molecule has 23 heavy (non-hydrogen) atoms. The van der Waals surface area contributed by atoms with Crippen LogP contribution in [-0.4, -0.2) is 60.2 Å². The number of benzene rings is 1. The summed E-state index contributed by atoms with van der Waals surface area (Å²) >= 11 is 13.8. The predicted octanol–water partition coefficient (Wildman–Crippen LogP) is 2.86. The Bertz CT molecular complexity index is 580. The molecule has 4 nitrogen and oxygen atoms in total. The van der Waals surface area contributed by atoms with Crippen molar-refractivity contribution in [3.8, 4) is 0 Å². The summed E-state index contributed by atoms with van der Waals surface area (Å²) in [6, 6.07) is 5.65. The number of nitrogens with one attached hydrogen (secondary N) is 1. The quantitative estimate of drug-likeness (QED) is 0.879. The van der Waals surface area contributed by atoms with Crippen LogP contribution in [0.15, 0.2) is 18.2 Å². The molecule has 3 rings (SSSR count). The van der Waals surface area contributed by atoms with E-state index < -0.39 is 0 Å². The second-order valence-corrected chi connectivity index (χ2v) is 8.17. The first kappa shape index (κ1) is 17.4. The minimum Gasteiger partial charge on any atom is -0.324 e. The molecule has 0 aromatic heterocycles. The van der Waals surface area contributed by atoms with Gasteiger partial charge in [0.05, 0.1) is 15.3 Å². The molecular weight excluding hydrogens is 353 g/mol. The maximum atomic E-state index is 12.5. The number of halogens is 2. The van der Waals surface area contributed by atoms with Crippen molar-refractivity contribution in [1.82, 2.24) is 15.1 Å². The Labute approximate surface area is 151 Å². The smallest absolute Gasteiger partial charge is 0.236 e. The SMILES string of the molecule is C[C@@H]1S[C@@H](c2ccc(Cl)c(Cl)c2)N(CCN2CCNCC2)C1=O. The second-order valence-electron chi connectivity index (χ2n) is 5.93. The van der Waals surface area contributed by atoms with Crippen LogP contribution in [0.5, 0.6) is 0 Å². The zero-order chi connectivity index (χ0) is 16.4. The fourth-order valence-corrected chi connectivity index (χ4v) is 4.61. The van der Waals surface area contributed by atoms with Gasteiger partial charge in [-0.1, -0.05) is 29.3 Å². The monoisotopic (exact) mass is 373 g/mol. The summed E-state index contributed by atoms with van der Waals surface area (Å²) in [4.78, 5) is 16.9. The molecule has 7 heteroatoms. The van der Waals surface area contributed by atoms with Gasteiger partial charge in [-0.2, -0.15) is 0 Å². The van der Waals surface area contributed by atoms with E-state index in [0.29, 0.717) is 10.0 Å². The van der Waals surface area contributed by atoms with Gasteiger partial charge in [0.1, 0.15) is 5.37 Å². The molecule has 1 aromatic carbocycles. The number of carbonyl (C=O) groups is 1. The molecule has 0 aliphatic carbocycles. The van der Waals surface area contributed by atoms with Gasteiger partial charge in [-0.05, 0) is 24.6 Å². The van der Waals surface area contributed by atoms with E-state index >= 15 is 0 Å². The zero-order valence-electron chi connectivity index (χ0n) is 13.1. The highest BCUT2D eigenvalue weighted by Gasteiger charge is 2.38. The van der Waals surface area contributed by atoms with Crippen molar-refractivity contribution in [3.05, 3.63) is 33.8 Å². The molecule has 0 unspecified atom stereocenters. The summed E-state index contributed by atoms with van der Waals surface area (Å²) in [5, 5.41) is 4.45. The summed E-state index contributed by atoms with van der Waals surface area (Å²) in [6.45, 7) is 7.77. The van der Waals surface area contributed by atoms with Gasteiger partial charge >= 0.3 is 0 Å². The largest absolute Gasteiger partial charge is 0.324 e. The number of hydrogen-bond acceptors (Lipinski definition) is 4. The van der Waals surface area contributed by atoms with Gasteiger partial charge in [-0.15, -0.1) is 11.8 Å². The van der Waals surface area contributed by atoms with Crippen molar-refractivity contribution < 1.29 is 4.79 Å². The molecule has 2 aliphatic heterocycles. The molecule has 2 atom stereocenters. The fraction of sp³-hybridized carbons (Fsp3) is 0.562. The van der Waals surface area contributed by atoms with Crippen molar-refractivity contribution in [2.75, 3.05) is 39.3 Å². The van der Waals surface area contributed by atoms with Crippen LogP contribution in [0.25, 0.3) is 0 Å². The molecule has 0 radical (unpaired) electrons. The van der Waals surface area contributed by atoms with Crippen molar-refractivity contribution in [3.63, 3.8) is 0 Å². The van der Waals surface area contributed by atoms with Gasteiger partial charge in [0.25, 0.3) is 0 Å². The van der Waals surface area contributed by atoms with Crippen LogP contribution >= 0.6 is 35.0 Å². The van der Waals surface area contributed by atoms with E-state index in [9.17, 15) is 4.79 Å². The van der Waals surface area contributed by atoms with E-state index in [1.807, 2.05) is 30.0 Å². The summed E-state index contributed by atoms with van der Waals surface area (Å²) in [7, 11) is 0. The Kier molecular flexibility index (Phi) is 5.75. The number of thioether (sulfide) groups is 1. The number of carbonyl (C=O) groups excluding carboxylic acids is 1. The highest BCUT2D eigenvalue weighted by Crippen LogP contribution is 2.43. The van der Waals surface area contributed by atoms with E-state index in [0.717, 1.165) is 44.8 Å². The van der Waals surface area contributed by atoms with Crippen molar-refractivity contribution >= 4 is 40.9 Å². The van der Waals surface area contributed by atoms with Gasteiger partial charge in [-0.25, -0.2) is 0 Å². The second kappa shape index (κ2) is 7.62. The molecule has 2 heterocycles. The number of nitrogens with zero attached hydrogens (tertiary/aromatic N) is 2. The first-order chi connectivity index (χ1) is 11.1. The first-order valence-corrected chi connectivity index (χ1v) is 9.60. The summed E-state index contributed by atoms with van der Waals surface area (Å²) < 4.78 is 0. The van der Waals surface area contributed by atoms with E-state index in [1.165, 1.54) is 0 Å². The van der Waals surface area contributed by atoms with Gasteiger partial charge in [0.2, 0.25) is 5.91 Å². The van der Waals surface area contributed by atoms with Crippen LogP contribution in [0, 0.1) is 0 Å². The van der Waals surface area contributed by atoms with E-state index in [1.54, 1.807) is 11.8 Å². The number of piperazine rings is 1. The molecule has 0 spiro atoms. The lowest BCUT2D eigenvalue weighted by molar-refractivity contribution is -0.130.